The van der Waals surface area contributed by atoms with Gasteiger partial charge in [0.15, 0.2) is 0 Å². The first-order valence-corrected chi connectivity index (χ1v) is 7.46. The molecule has 7 heteroatoms. The van der Waals surface area contributed by atoms with E-state index in [0.717, 1.165) is 31.0 Å². The largest absolute Gasteiger partial charge is 0.462 e. The summed E-state index contributed by atoms with van der Waals surface area (Å²) in [6, 6.07) is 5.52. The monoisotopic (exact) mass is 307 g/mol. The quantitative estimate of drug-likeness (QED) is 0.740. The third-order valence-electron chi connectivity index (χ3n) is 3.88. The summed E-state index contributed by atoms with van der Waals surface area (Å²) >= 11 is 0. The zero-order valence-electron chi connectivity index (χ0n) is 12.4. The van der Waals surface area contributed by atoms with Crippen molar-refractivity contribution in [1.82, 2.24) is 14.7 Å². The van der Waals surface area contributed by atoms with Gasteiger partial charge in [0, 0.05) is 19.6 Å². The number of hydrogen-bond acceptors (Lipinski definition) is 6. The van der Waals surface area contributed by atoms with Crippen molar-refractivity contribution in [3.05, 3.63) is 41.1 Å². The van der Waals surface area contributed by atoms with Crippen molar-refractivity contribution >= 4 is 0 Å². The lowest BCUT2D eigenvalue weighted by Crippen LogP contribution is -2.22. The lowest BCUT2D eigenvalue weighted by atomic mass is 10.2. The fraction of sp³-hybridized carbons (Fsp3) is 0.533. The van der Waals surface area contributed by atoms with Crippen molar-refractivity contribution in [3.8, 4) is 0 Å². The summed E-state index contributed by atoms with van der Waals surface area (Å²) in [5.74, 6) is 1.40. The summed E-state index contributed by atoms with van der Waals surface area (Å²) in [4.78, 5) is 2.25. The van der Waals surface area contributed by atoms with E-state index in [9.17, 15) is 5.11 Å². The van der Waals surface area contributed by atoms with E-state index in [2.05, 4.69) is 10.00 Å². The summed E-state index contributed by atoms with van der Waals surface area (Å²) in [5, 5.41) is 32.1. The Morgan fingerprint density at radius 2 is 2.05 bits per heavy atom. The number of aryl methyl sites for hydroxylation is 1. The second kappa shape index (κ2) is 6.62. The van der Waals surface area contributed by atoms with Crippen LogP contribution >= 0.6 is 0 Å². The number of aliphatic hydroxyl groups excluding tert-OH is 3. The van der Waals surface area contributed by atoms with Crippen molar-refractivity contribution in [1.29, 1.82) is 0 Å². The minimum atomic E-state index is -0.926. The van der Waals surface area contributed by atoms with Crippen LogP contribution in [0, 0.1) is 0 Å². The van der Waals surface area contributed by atoms with Gasteiger partial charge in [-0.15, -0.1) is 0 Å². The van der Waals surface area contributed by atoms with E-state index >= 15 is 0 Å². The molecule has 120 valence electrons. The predicted molar refractivity (Wildman–Crippen MR) is 77.6 cm³/mol. The average Bonchev–Trinajstić information content (AvgIpc) is 3.09. The number of furan rings is 1. The molecule has 0 bridgehead atoms. The van der Waals surface area contributed by atoms with Crippen molar-refractivity contribution in [2.75, 3.05) is 13.2 Å². The molecule has 0 radical (unpaired) electrons. The van der Waals surface area contributed by atoms with E-state index in [0.29, 0.717) is 24.5 Å². The molecule has 3 heterocycles. The van der Waals surface area contributed by atoms with Crippen LogP contribution in [0.15, 0.2) is 22.6 Å². The lowest BCUT2D eigenvalue weighted by molar-refractivity contribution is 0.0916. The number of hydrogen-bond donors (Lipinski definition) is 3. The first-order chi connectivity index (χ1) is 10.7. The number of fused-ring (bicyclic) bond motifs is 1. The third kappa shape index (κ3) is 3.22. The molecule has 1 atom stereocenters. The Morgan fingerprint density at radius 1 is 1.23 bits per heavy atom. The highest BCUT2D eigenvalue weighted by Crippen LogP contribution is 2.20. The third-order valence-corrected chi connectivity index (χ3v) is 3.88. The van der Waals surface area contributed by atoms with Gasteiger partial charge in [-0.05, 0) is 24.6 Å². The second-order valence-electron chi connectivity index (χ2n) is 5.57. The molecule has 0 saturated carbocycles. The van der Waals surface area contributed by atoms with E-state index in [4.69, 9.17) is 14.6 Å². The lowest BCUT2D eigenvalue weighted by Gasteiger charge is -2.17. The summed E-state index contributed by atoms with van der Waals surface area (Å²) < 4.78 is 7.44. The van der Waals surface area contributed by atoms with Gasteiger partial charge < -0.3 is 19.7 Å². The fourth-order valence-electron chi connectivity index (χ4n) is 2.75. The minimum Gasteiger partial charge on any atom is -0.462 e. The molecule has 1 unspecified atom stereocenters. The highest BCUT2D eigenvalue weighted by atomic mass is 16.4. The van der Waals surface area contributed by atoms with E-state index in [1.165, 1.54) is 0 Å². The van der Waals surface area contributed by atoms with Gasteiger partial charge >= 0.3 is 0 Å². The van der Waals surface area contributed by atoms with Gasteiger partial charge in [-0.2, -0.15) is 5.10 Å². The first kappa shape index (κ1) is 15.2. The molecule has 0 saturated heterocycles. The van der Waals surface area contributed by atoms with E-state index < -0.39 is 6.10 Å². The topological polar surface area (TPSA) is 94.9 Å². The Balaban J connectivity index is 1.71. The normalized spacial score (nSPS) is 17.2. The SMILES string of the molecule is OCc1ccc(CN2CCCn3nc(C(O)CO)cc3C2)o1. The van der Waals surface area contributed by atoms with Crippen molar-refractivity contribution < 1.29 is 19.7 Å². The number of nitrogens with zero attached hydrogens (tertiary/aromatic N) is 3. The summed E-state index contributed by atoms with van der Waals surface area (Å²) in [7, 11) is 0. The Kier molecular flexibility index (Phi) is 4.58. The van der Waals surface area contributed by atoms with E-state index in [1.807, 2.05) is 16.8 Å². The molecule has 0 fully saturated rings. The fourth-order valence-corrected chi connectivity index (χ4v) is 2.75. The van der Waals surface area contributed by atoms with E-state index in [-0.39, 0.29) is 13.2 Å². The van der Waals surface area contributed by atoms with Gasteiger partial charge in [-0.3, -0.25) is 9.58 Å². The molecule has 22 heavy (non-hydrogen) atoms. The molecule has 0 amide bonds. The van der Waals surface area contributed by atoms with E-state index in [1.54, 1.807) is 6.07 Å². The molecule has 0 aliphatic carbocycles. The Labute approximate surface area is 128 Å². The molecule has 2 aromatic heterocycles. The molecule has 1 aliphatic heterocycles. The van der Waals surface area contributed by atoms with Crippen LogP contribution in [0.1, 0.15) is 35.4 Å². The highest BCUT2D eigenvalue weighted by Gasteiger charge is 2.20. The maximum Gasteiger partial charge on any atom is 0.129 e. The Bertz CT molecular complexity index is 622. The number of rotatable bonds is 5. The van der Waals surface area contributed by atoms with Gasteiger partial charge in [0.25, 0.3) is 0 Å². The molecule has 1 aliphatic rings. The van der Waals surface area contributed by atoms with Crippen LogP contribution in [0.3, 0.4) is 0 Å². The van der Waals surface area contributed by atoms with Crippen molar-refractivity contribution in [3.63, 3.8) is 0 Å². The molecule has 3 rings (SSSR count). The Morgan fingerprint density at radius 3 is 2.77 bits per heavy atom. The maximum atomic E-state index is 9.70. The van der Waals surface area contributed by atoms with Crippen LogP contribution in [-0.2, 0) is 26.2 Å². The van der Waals surface area contributed by atoms with Crippen LogP contribution in [0.5, 0.6) is 0 Å². The summed E-state index contributed by atoms with van der Waals surface area (Å²) in [6.07, 6.45) is 0.0294. The number of aliphatic hydroxyl groups is 3. The number of aromatic nitrogens is 2. The molecular weight excluding hydrogens is 286 g/mol. The molecule has 3 N–H and O–H groups in total. The van der Waals surface area contributed by atoms with Crippen LogP contribution < -0.4 is 0 Å². The standard InChI is InChI=1S/C15H21N3O4/c19-9-13-3-2-12(22-13)8-17-4-1-5-18-11(7-17)6-14(16-18)15(21)10-20/h2-3,6,15,19-21H,1,4-5,7-10H2. The summed E-state index contributed by atoms with van der Waals surface area (Å²) in [6.45, 7) is 2.69. The molecular formula is C15H21N3O4. The van der Waals surface area contributed by atoms with Crippen LogP contribution in [0.25, 0.3) is 0 Å². The van der Waals surface area contributed by atoms with Crippen molar-refractivity contribution in [2.24, 2.45) is 0 Å². The molecule has 0 spiro atoms. The van der Waals surface area contributed by atoms with Gasteiger partial charge in [0.2, 0.25) is 0 Å². The zero-order chi connectivity index (χ0) is 15.5. The van der Waals surface area contributed by atoms with Gasteiger partial charge in [0.1, 0.15) is 24.2 Å². The second-order valence-corrected chi connectivity index (χ2v) is 5.57. The zero-order valence-corrected chi connectivity index (χ0v) is 12.4. The van der Waals surface area contributed by atoms with Gasteiger partial charge in [-0.25, -0.2) is 0 Å². The summed E-state index contributed by atoms with van der Waals surface area (Å²) in [5.41, 5.74) is 1.54. The first-order valence-electron chi connectivity index (χ1n) is 7.46. The van der Waals surface area contributed by atoms with Gasteiger partial charge in [-0.1, -0.05) is 0 Å². The van der Waals surface area contributed by atoms with Crippen LogP contribution in [-0.4, -0.2) is 43.2 Å². The maximum absolute atomic E-state index is 9.70. The molecule has 7 nitrogen and oxygen atoms in total. The molecule has 0 aromatic carbocycles. The van der Waals surface area contributed by atoms with Crippen LogP contribution in [0.4, 0.5) is 0 Å². The van der Waals surface area contributed by atoms with Crippen molar-refractivity contribution in [2.45, 2.75) is 38.8 Å². The minimum absolute atomic E-state index is 0.0881. The average molecular weight is 307 g/mol. The highest BCUT2D eigenvalue weighted by molar-refractivity contribution is 5.14. The van der Waals surface area contributed by atoms with Gasteiger partial charge in [0.05, 0.1) is 24.5 Å². The molecule has 2 aromatic rings. The van der Waals surface area contributed by atoms with Crippen LogP contribution in [0.2, 0.25) is 0 Å². The smallest absolute Gasteiger partial charge is 0.129 e. The predicted octanol–water partition coefficient (Wildman–Crippen LogP) is 0.400. The Hall–Kier alpha value is -1.67.